The van der Waals surface area contributed by atoms with Crippen molar-refractivity contribution >= 4 is 45.6 Å². The van der Waals surface area contributed by atoms with Crippen LogP contribution in [0, 0.1) is 0 Å². The molecule has 1 aliphatic carbocycles. The summed E-state index contributed by atoms with van der Waals surface area (Å²) in [5.74, 6) is 2.35. The second-order valence-electron chi connectivity index (χ2n) is 14.2. The van der Waals surface area contributed by atoms with E-state index in [0.717, 1.165) is 71.6 Å². The van der Waals surface area contributed by atoms with Gasteiger partial charge in [-0.05, 0) is 115 Å². The van der Waals surface area contributed by atoms with Crippen molar-refractivity contribution in [2.75, 3.05) is 90.4 Å². The van der Waals surface area contributed by atoms with Gasteiger partial charge in [-0.2, -0.15) is 4.57 Å². The van der Waals surface area contributed by atoms with E-state index in [1.54, 1.807) is 0 Å². The van der Waals surface area contributed by atoms with Crippen LogP contribution in [-0.4, -0.2) is 112 Å². The minimum atomic E-state index is 0.486. The Morgan fingerprint density at radius 2 is 1.56 bits per heavy atom. The Bertz CT molecular complexity index is 1540. The average Bonchev–Trinajstić information content (AvgIpc) is 3.18. The number of aryl methyl sites for hydroxylation is 1. The monoisotopic (exact) mass is 770 g/mol. The van der Waals surface area contributed by atoms with Gasteiger partial charge in [-0.1, -0.05) is 88.7 Å². The predicted molar refractivity (Wildman–Crippen MR) is 244 cm³/mol. The molecule has 0 aliphatic heterocycles. The van der Waals surface area contributed by atoms with Gasteiger partial charge in [-0.15, -0.1) is 0 Å². The van der Waals surface area contributed by atoms with Crippen molar-refractivity contribution in [2.24, 2.45) is 4.99 Å². The summed E-state index contributed by atoms with van der Waals surface area (Å²) in [6, 6.07) is 15.8. The number of hydrogen-bond donors (Lipinski definition) is 0. The number of hydrogen-bond acceptors (Lipinski definition) is 7. The fourth-order valence-corrected chi connectivity index (χ4v) is 8.24. The number of benzene rings is 1. The normalized spacial score (nSPS) is 15.4. The van der Waals surface area contributed by atoms with Crippen molar-refractivity contribution in [2.45, 2.75) is 59.0 Å². The molecule has 0 fully saturated rings. The number of likely N-dealkylation sites (N-methyl/N-ethyl adjacent to an activating group) is 1. The summed E-state index contributed by atoms with van der Waals surface area (Å²) in [6.45, 7) is 15.0. The van der Waals surface area contributed by atoms with Crippen molar-refractivity contribution in [1.82, 2.24) is 14.7 Å². The molecule has 0 radical (unpaired) electrons. The Balaban J connectivity index is 1.19. The molecule has 6 nitrogen and oxygen atoms in total. The molecule has 0 spiro atoms. The van der Waals surface area contributed by atoms with Gasteiger partial charge in [0.05, 0.1) is 0 Å². The van der Waals surface area contributed by atoms with Crippen molar-refractivity contribution < 1.29 is 4.57 Å². The first-order valence-electron chi connectivity index (χ1n) is 20.0. The van der Waals surface area contributed by atoms with Crippen LogP contribution in [0.1, 0.15) is 57.7 Å². The second-order valence-corrected chi connectivity index (χ2v) is 16.9. The highest BCUT2D eigenvalue weighted by molar-refractivity contribution is 8.76. The third kappa shape index (κ3) is 18.9. The van der Waals surface area contributed by atoms with E-state index < -0.39 is 0 Å². The summed E-state index contributed by atoms with van der Waals surface area (Å²) in [7, 11) is 13.0. The number of allylic oxidation sites excluding steroid dienone is 8. The fourth-order valence-electron chi connectivity index (χ4n) is 6.08. The third-order valence-corrected chi connectivity index (χ3v) is 11.9. The maximum absolute atomic E-state index is 4.20. The molecule has 8 heteroatoms. The maximum atomic E-state index is 4.20. The van der Waals surface area contributed by atoms with Crippen LogP contribution in [0.2, 0.25) is 0 Å². The molecule has 1 unspecified atom stereocenters. The lowest BCUT2D eigenvalue weighted by Gasteiger charge is -2.27. The van der Waals surface area contributed by atoms with Crippen LogP contribution in [-0.2, 0) is 6.54 Å². The Morgan fingerprint density at radius 1 is 0.833 bits per heavy atom. The van der Waals surface area contributed by atoms with Crippen molar-refractivity contribution in [3.8, 4) is 0 Å². The van der Waals surface area contributed by atoms with E-state index in [9.17, 15) is 0 Å². The molecular weight excluding hydrogens is 701 g/mol. The summed E-state index contributed by atoms with van der Waals surface area (Å²) in [5.41, 5.74) is 6.27. The van der Waals surface area contributed by atoms with Crippen LogP contribution in [0.25, 0.3) is 12.2 Å². The molecule has 1 aromatic heterocycles. The predicted octanol–water partition coefficient (Wildman–Crippen LogP) is 9.35. The van der Waals surface area contributed by atoms with Gasteiger partial charge in [0.1, 0.15) is 6.54 Å². The third-order valence-electron chi connectivity index (χ3n) is 9.56. The minimum absolute atomic E-state index is 0.486. The van der Waals surface area contributed by atoms with Gasteiger partial charge >= 0.3 is 0 Å². The highest BCUT2D eigenvalue weighted by Crippen LogP contribution is 2.21. The van der Waals surface area contributed by atoms with Crippen LogP contribution >= 0.6 is 21.6 Å². The van der Waals surface area contributed by atoms with E-state index in [1.165, 1.54) is 46.0 Å². The van der Waals surface area contributed by atoms with Gasteiger partial charge in [0.15, 0.2) is 6.20 Å². The zero-order valence-electron chi connectivity index (χ0n) is 34.4. The molecule has 3 rings (SSSR count). The molecule has 0 saturated heterocycles. The molecule has 1 aromatic carbocycles. The summed E-state index contributed by atoms with van der Waals surface area (Å²) in [6.07, 6.45) is 30.5. The Labute approximate surface area is 337 Å². The molecule has 1 atom stereocenters. The Morgan fingerprint density at radius 3 is 2.22 bits per heavy atom. The van der Waals surface area contributed by atoms with Crippen molar-refractivity contribution in [3.05, 3.63) is 120 Å². The zero-order chi connectivity index (χ0) is 38.8. The van der Waals surface area contributed by atoms with Gasteiger partial charge in [0, 0.05) is 87.3 Å². The number of pyridine rings is 1. The van der Waals surface area contributed by atoms with E-state index in [-0.39, 0.29) is 0 Å². The molecule has 1 aliphatic rings. The quantitative estimate of drug-likeness (QED) is 0.0312. The first-order valence-corrected chi connectivity index (χ1v) is 22.5. The smallest absolute Gasteiger partial charge is 0.205 e. The van der Waals surface area contributed by atoms with Gasteiger partial charge in [-0.25, -0.2) is 0 Å². The van der Waals surface area contributed by atoms with E-state index in [1.807, 2.05) is 46.9 Å². The molecular formula is C46H69N6S2+. The molecule has 1 heterocycles. The van der Waals surface area contributed by atoms with Crippen LogP contribution in [0.5, 0.6) is 0 Å². The van der Waals surface area contributed by atoms with E-state index in [0.29, 0.717) is 6.04 Å². The fraction of sp³-hybridized carbons (Fsp3) is 0.478. The lowest BCUT2D eigenvalue weighted by Crippen LogP contribution is -2.35. The van der Waals surface area contributed by atoms with Crippen LogP contribution < -0.4 is 9.47 Å². The Kier molecular flexibility index (Phi) is 23.0. The lowest BCUT2D eigenvalue weighted by molar-refractivity contribution is -0.698. The molecule has 0 saturated carbocycles. The van der Waals surface area contributed by atoms with E-state index in [2.05, 4.69) is 168 Å². The highest BCUT2D eigenvalue weighted by atomic mass is 33.1. The number of anilines is 1. The number of rotatable bonds is 26. The summed E-state index contributed by atoms with van der Waals surface area (Å²) >= 11 is 0. The van der Waals surface area contributed by atoms with Crippen molar-refractivity contribution in [1.29, 1.82) is 0 Å². The molecule has 0 amide bonds. The lowest BCUT2D eigenvalue weighted by atomic mass is 10.0. The second kappa shape index (κ2) is 27.4. The van der Waals surface area contributed by atoms with Gasteiger partial charge in [0.2, 0.25) is 5.69 Å². The van der Waals surface area contributed by atoms with Gasteiger partial charge in [0.25, 0.3) is 0 Å². The SMILES string of the molecule is CCC[n+]1ccccc1/C=C/c1ccc(N(C)CCCN(C)CCSSCCN(C)CCCN(C)C2C=CC(/C=C/C(C)=C/C=C\C=NCC)=CC2)cc1. The summed E-state index contributed by atoms with van der Waals surface area (Å²) in [4.78, 5) is 14.0. The van der Waals surface area contributed by atoms with Crippen LogP contribution in [0.3, 0.4) is 0 Å². The maximum Gasteiger partial charge on any atom is 0.205 e. The molecule has 0 N–H and O–H groups in total. The summed E-state index contributed by atoms with van der Waals surface area (Å²) in [5, 5.41) is 0. The van der Waals surface area contributed by atoms with Gasteiger partial charge in [-0.3, -0.25) is 9.89 Å². The van der Waals surface area contributed by atoms with Crippen LogP contribution in [0.15, 0.2) is 113 Å². The standard InChI is InChI=1S/C46H69N6S2/c1-8-31-52-36-13-11-17-46(52)29-24-43-22-27-45(28-23-43)51(7)35-15-33-49(5)38-40-54-53-39-37-48(4)32-14-34-50(6)44-25-20-42(21-26-44)19-18-41(3)16-10-12-30-47-9-2/h10-13,16-25,27-30,36,44H,8-9,14-15,26,31-35,37-40H2,1-7H3/q+1/b12-10-,19-18+,41-16+,47-30?. The molecule has 294 valence electrons. The van der Waals surface area contributed by atoms with Crippen LogP contribution in [0.4, 0.5) is 5.69 Å². The first-order chi connectivity index (χ1) is 26.3. The van der Waals surface area contributed by atoms with Gasteiger partial charge < -0.3 is 14.7 Å². The summed E-state index contributed by atoms with van der Waals surface area (Å²) < 4.78 is 2.31. The van der Waals surface area contributed by atoms with Crippen molar-refractivity contribution in [3.63, 3.8) is 0 Å². The number of aromatic nitrogens is 1. The molecule has 0 bridgehead atoms. The zero-order valence-corrected chi connectivity index (χ0v) is 36.1. The van der Waals surface area contributed by atoms with E-state index in [4.69, 9.17) is 0 Å². The number of aliphatic imine (C=N–C) groups is 1. The first kappa shape index (κ1) is 45.3. The highest BCUT2D eigenvalue weighted by Gasteiger charge is 2.13. The minimum Gasteiger partial charge on any atom is -0.375 e. The Hall–Kier alpha value is -3.14. The topological polar surface area (TPSA) is 29.2 Å². The molecule has 2 aromatic rings. The number of nitrogens with zero attached hydrogens (tertiary/aromatic N) is 6. The largest absolute Gasteiger partial charge is 0.375 e. The molecule has 54 heavy (non-hydrogen) atoms. The van der Waals surface area contributed by atoms with E-state index >= 15 is 0 Å². The average molecular weight is 770 g/mol.